The summed E-state index contributed by atoms with van der Waals surface area (Å²) in [5.41, 5.74) is 8.99. The zero-order valence-corrected chi connectivity index (χ0v) is 8.97. The van der Waals surface area contributed by atoms with Crippen LogP contribution in [0.1, 0.15) is 26.2 Å². The van der Waals surface area contributed by atoms with Crippen molar-refractivity contribution < 1.29 is 19.5 Å². The SMILES string of the molecule is CCCC(N)(C[C@H](N=C=O)C(N)=O)C(=O)O. The molecule has 0 radical (unpaired) electrons. The Morgan fingerprint density at radius 1 is 1.56 bits per heavy atom. The van der Waals surface area contributed by atoms with Crippen LogP contribution in [-0.2, 0) is 14.4 Å². The molecule has 0 aromatic carbocycles. The number of primary amides is 1. The zero-order chi connectivity index (χ0) is 12.8. The van der Waals surface area contributed by atoms with Crippen LogP contribution in [0.5, 0.6) is 0 Å². The number of hydrogen-bond donors (Lipinski definition) is 3. The Hall–Kier alpha value is -1.72. The van der Waals surface area contributed by atoms with Gasteiger partial charge in [-0.1, -0.05) is 13.3 Å². The van der Waals surface area contributed by atoms with E-state index in [-0.39, 0.29) is 12.8 Å². The van der Waals surface area contributed by atoms with Crippen molar-refractivity contribution >= 4 is 18.0 Å². The van der Waals surface area contributed by atoms with Gasteiger partial charge in [-0.25, -0.2) is 4.79 Å². The van der Waals surface area contributed by atoms with E-state index in [4.69, 9.17) is 16.6 Å². The van der Waals surface area contributed by atoms with E-state index < -0.39 is 23.5 Å². The van der Waals surface area contributed by atoms with Gasteiger partial charge in [-0.3, -0.25) is 9.59 Å². The van der Waals surface area contributed by atoms with Gasteiger partial charge >= 0.3 is 5.97 Å². The Morgan fingerprint density at radius 3 is 2.44 bits per heavy atom. The maximum absolute atomic E-state index is 11.0. The molecule has 0 aromatic rings. The van der Waals surface area contributed by atoms with E-state index in [0.717, 1.165) is 0 Å². The maximum Gasteiger partial charge on any atom is 0.323 e. The second-order valence-electron chi connectivity index (χ2n) is 3.55. The first-order valence-corrected chi connectivity index (χ1v) is 4.76. The summed E-state index contributed by atoms with van der Waals surface area (Å²) in [5.74, 6) is -2.14. The molecule has 0 aliphatic carbocycles. The molecule has 0 bridgehead atoms. The summed E-state index contributed by atoms with van der Waals surface area (Å²) < 4.78 is 0. The monoisotopic (exact) mass is 229 g/mol. The standard InChI is InChI=1S/C9H15N3O4/c1-2-3-9(11,8(15)16)4-6(7(10)14)12-5-13/h6H,2-4,11H2,1H3,(H2,10,14)(H,15,16)/t6-,9?/m0/s1. The van der Waals surface area contributed by atoms with Crippen molar-refractivity contribution in [2.24, 2.45) is 16.5 Å². The molecule has 0 aliphatic heterocycles. The summed E-state index contributed by atoms with van der Waals surface area (Å²) in [6.07, 6.45) is 1.57. The van der Waals surface area contributed by atoms with Gasteiger partial charge in [-0.2, -0.15) is 4.99 Å². The topological polar surface area (TPSA) is 136 Å². The molecule has 7 nitrogen and oxygen atoms in total. The fraction of sp³-hybridized carbons (Fsp3) is 0.667. The summed E-state index contributed by atoms with van der Waals surface area (Å²) in [4.78, 5) is 35.0. The van der Waals surface area contributed by atoms with Crippen LogP contribution in [0.2, 0.25) is 0 Å². The predicted molar refractivity (Wildman–Crippen MR) is 55.2 cm³/mol. The van der Waals surface area contributed by atoms with Crippen LogP contribution in [0.3, 0.4) is 0 Å². The van der Waals surface area contributed by atoms with E-state index in [9.17, 15) is 14.4 Å². The molecular formula is C9H15N3O4. The number of aliphatic carboxylic acids is 1. The number of nitrogens with zero attached hydrogens (tertiary/aromatic N) is 1. The fourth-order valence-corrected chi connectivity index (χ4v) is 1.36. The highest BCUT2D eigenvalue weighted by molar-refractivity contribution is 5.84. The van der Waals surface area contributed by atoms with Gasteiger partial charge in [0.25, 0.3) is 0 Å². The minimum atomic E-state index is -1.60. The molecule has 0 aliphatic rings. The molecule has 7 heteroatoms. The highest BCUT2D eigenvalue weighted by atomic mass is 16.4. The van der Waals surface area contributed by atoms with Crippen LogP contribution in [0.15, 0.2) is 4.99 Å². The van der Waals surface area contributed by atoms with Gasteiger partial charge in [-0.15, -0.1) is 0 Å². The third-order valence-electron chi connectivity index (χ3n) is 2.22. The number of carbonyl (C=O) groups is 2. The molecule has 0 heterocycles. The normalized spacial score (nSPS) is 15.6. The molecule has 1 amide bonds. The van der Waals surface area contributed by atoms with Gasteiger partial charge in [0, 0.05) is 6.42 Å². The molecule has 0 saturated carbocycles. The third kappa shape index (κ3) is 3.80. The zero-order valence-electron chi connectivity index (χ0n) is 8.97. The van der Waals surface area contributed by atoms with Crippen molar-refractivity contribution in [3.05, 3.63) is 0 Å². The average molecular weight is 229 g/mol. The number of hydrogen-bond acceptors (Lipinski definition) is 5. The second-order valence-corrected chi connectivity index (χ2v) is 3.55. The molecule has 2 atom stereocenters. The van der Waals surface area contributed by atoms with Crippen molar-refractivity contribution in [3.8, 4) is 0 Å². The number of aliphatic imine (C=N–C) groups is 1. The molecule has 90 valence electrons. The van der Waals surface area contributed by atoms with E-state index in [1.165, 1.54) is 6.08 Å². The van der Waals surface area contributed by atoms with Gasteiger partial charge in [0.05, 0.1) is 0 Å². The molecule has 16 heavy (non-hydrogen) atoms. The Kier molecular flexibility index (Phi) is 5.35. The lowest BCUT2D eigenvalue weighted by Gasteiger charge is -2.25. The fourth-order valence-electron chi connectivity index (χ4n) is 1.36. The lowest BCUT2D eigenvalue weighted by molar-refractivity contribution is -0.144. The number of rotatable bonds is 7. The van der Waals surface area contributed by atoms with E-state index in [2.05, 4.69) is 4.99 Å². The van der Waals surface area contributed by atoms with Gasteiger partial charge in [0.2, 0.25) is 12.0 Å². The number of nitrogens with two attached hydrogens (primary N) is 2. The number of carboxylic acid groups (broad SMARTS) is 1. The lowest BCUT2D eigenvalue weighted by Crippen LogP contribution is -2.51. The summed E-state index contributed by atoms with van der Waals surface area (Å²) in [7, 11) is 0. The Balaban J connectivity index is 4.90. The Bertz CT molecular complexity index is 323. The van der Waals surface area contributed by atoms with Crippen LogP contribution in [-0.4, -0.2) is 34.6 Å². The lowest BCUT2D eigenvalue weighted by atomic mass is 9.87. The summed E-state index contributed by atoms with van der Waals surface area (Å²) in [6.45, 7) is 1.76. The molecule has 0 aromatic heterocycles. The van der Waals surface area contributed by atoms with Gasteiger partial charge in [0.1, 0.15) is 11.6 Å². The van der Waals surface area contributed by atoms with Gasteiger partial charge in [0.15, 0.2) is 0 Å². The highest BCUT2D eigenvalue weighted by Crippen LogP contribution is 2.18. The number of amides is 1. The van der Waals surface area contributed by atoms with Crippen LogP contribution in [0.25, 0.3) is 0 Å². The van der Waals surface area contributed by atoms with E-state index in [1.54, 1.807) is 6.92 Å². The maximum atomic E-state index is 11.0. The molecule has 0 fully saturated rings. The van der Waals surface area contributed by atoms with Crippen molar-refractivity contribution in [3.63, 3.8) is 0 Å². The predicted octanol–water partition coefficient (Wildman–Crippen LogP) is -0.852. The van der Waals surface area contributed by atoms with Crippen molar-refractivity contribution in [1.29, 1.82) is 0 Å². The van der Waals surface area contributed by atoms with E-state index in [0.29, 0.717) is 6.42 Å². The highest BCUT2D eigenvalue weighted by Gasteiger charge is 2.37. The smallest absolute Gasteiger partial charge is 0.323 e. The largest absolute Gasteiger partial charge is 0.480 e. The minimum Gasteiger partial charge on any atom is -0.480 e. The van der Waals surface area contributed by atoms with E-state index in [1.807, 2.05) is 0 Å². The molecule has 0 saturated heterocycles. The molecule has 0 spiro atoms. The number of isocyanates is 1. The van der Waals surface area contributed by atoms with E-state index >= 15 is 0 Å². The van der Waals surface area contributed by atoms with Crippen molar-refractivity contribution in [2.75, 3.05) is 0 Å². The molecule has 1 unspecified atom stereocenters. The summed E-state index contributed by atoms with van der Waals surface area (Å²) >= 11 is 0. The first kappa shape index (κ1) is 14.3. The first-order valence-electron chi connectivity index (χ1n) is 4.76. The average Bonchev–Trinajstić information content (AvgIpc) is 2.17. The Labute approximate surface area is 92.5 Å². The van der Waals surface area contributed by atoms with Crippen LogP contribution in [0, 0.1) is 0 Å². The van der Waals surface area contributed by atoms with Crippen molar-refractivity contribution in [1.82, 2.24) is 0 Å². The van der Waals surface area contributed by atoms with Crippen LogP contribution >= 0.6 is 0 Å². The third-order valence-corrected chi connectivity index (χ3v) is 2.22. The second kappa shape index (κ2) is 5.99. The Morgan fingerprint density at radius 2 is 2.12 bits per heavy atom. The van der Waals surface area contributed by atoms with Crippen molar-refractivity contribution in [2.45, 2.75) is 37.8 Å². The molecule has 5 N–H and O–H groups in total. The quantitative estimate of drug-likeness (QED) is 0.385. The van der Waals surface area contributed by atoms with Crippen LogP contribution in [0.4, 0.5) is 0 Å². The summed E-state index contributed by atoms with van der Waals surface area (Å²) in [5, 5.41) is 8.95. The summed E-state index contributed by atoms with van der Waals surface area (Å²) in [6, 6.07) is -1.25. The minimum absolute atomic E-state index is 0.167. The first-order chi connectivity index (χ1) is 7.37. The van der Waals surface area contributed by atoms with Gasteiger partial charge in [-0.05, 0) is 6.42 Å². The van der Waals surface area contributed by atoms with Crippen LogP contribution < -0.4 is 11.5 Å². The van der Waals surface area contributed by atoms with Gasteiger partial charge < -0.3 is 16.6 Å². The number of carboxylic acids is 1. The molecule has 0 rings (SSSR count). The number of carbonyl (C=O) groups excluding carboxylic acids is 2. The molecular weight excluding hydrogens is 214 g/mol.